The second-order valence-electron chi connectivity index (χ2n) is 5.90. The molecule has 0 spiro atoms. The Labute approximate surface area is 145 Å². The second-order valence-corrected chi connectivity index (χ2v) is 8.45. The summed E-state index contributed by atoms with van der Waals surface area (Å²) in [6.07, 6.45) is 6.08. The standard InChI is InChI=1S/C16H26BrN3OS/c1-18-15(19-10-6-13-4-5-14(17)22-13)20-12-16(7-3-8-16)9-11-21-2/h4-5H,3,6-12H2,1-2H3,(H2,18,19,20). The molecule has 0 amide bonds. The number of guanidine groups is 1. The average molecular weight is 388 g/mol. The number of halogens is 1. The molecule has 1 saturated carbocycles. The summed E-state index contributed by atoms with van der Waals surface area (Å²) in [5, 5.41) is 6.89. The molecule has 6 heteroatoms. The molecule has 2 rings (SSSR count). The van der Waals surface area contributed by atoms with Crippen molar-refractivity contribution >= 4 is 33.2 Å². The van der Waals surface area contributed by atoms with E-state index in [1.54, 1.807) is 18.4 Å². The number of ether oxygens (including phenoxy) is 1. The van der Waals surface area contributed by atoms with Gasteiger partial charge in [0.1, 0.15) is 0 Å². The van der Waals surface area contributed by atoms with Crippen LogP contribution >= 0.6 is 27.3 Å². The largest absolute Gasteiger partial charge is 0.385 e. The lowest BCUT2D eigenvalue weighted by Crippen LogP contribution is -2.47. The van der Waals surface area contributed by atoms with Crippen LogP contribution in [0.15, 0.2) is 20.9 Å². The zero-order chi connectivity index (χ0) is 15.8. The number of hydrogen-bond acceptors (Lipinski definition) is 3. The maximum Gasteiger partial charge on any atom is 0.191 e. The Morgan fingerprint density at radius 1 is 1.41 bits per heavy atom. The summed E-state index contributed by atoms with van der Waals surface area (Å²) < 4.78 is 6.44. The number of nitrogens with one attached hydrogen (secondary N) is 2. The van der Waals surface area contributed by atoms with E-state index in [0.717, 1.165) is 38.5 Å². The van der Waals surface area contributed by atoms with Crippen LogP contribution in [0.4, 0.5) is 0 Å². The number of nitrogens with zero attached hydrogens (tertiary/aromatic N) is 1. The molecule has 2 N–H and O–H groups in total. The molecule has 0 radical (unpaired) electrons. The van der Waals surface area contributed by atoms with Crippen LogP contribution in [-0.4, -0.2) is 39.8 Å². The number of hydrogen-bond donors (Lipinski definition) is 2. The Balaban J connectivity index is 1.70. The fraction of sp³-hybridized carbons (Fsp3) is 0.688. The first-order valence-electron chi connectivity index (χ1n) is 7.85. The van der Waals surface area contributed by atoms with E-state index in [1.807, 2.05) is 7.05 Å². The molecule has 0 bridgehead atoms. The predicted molar refractivity (Wildman–Crippen MR) is 97.9 cm³/mol. The predicted octanol–water partition coefficient (Wildman–Crippen LogP) is 3.42. The van der Waals surface area contributed by atoms with Crippen LogP contribution in [0.2, 0.25) is 0 Å². The van der Waals surface area contributed by atoms with E-state index < -0.39 is 0 Å². The zero-order valence-corrected chi connectivity index (χ0v) is 15.9. The fourth-order valence-electron chi connectivity index (χ4n) is 2.79. The molecule has 1 aliphatic rings. The van der Waals surface area contributed by atoms with Crippen LogP contribution in [0.3, 0.4) is 0 Å². The molecule has 4 nitrogen and oxygen atoms in total. The Hall–Kier alpha value is -0.590. The Morgan fingerprint density at radius 2 is 2.23 bits per heavy atom. The van der Waals surface area contributed by atoms with Gasteiger partial charge in [-0.15, -0.1) is 11.3 Å². The third kappa shape index (κ3) is 5.25. The first kappa shape index (κ1) is 17.8. The minimum Gasteiger partial charge on any atom is -0.385 e. The van der Waals surface area contributed by atoms with Gasteiger partial charge in [-0.1, -0.05) is 6.42 Å². The van der Waals surface area contributed by atoms with E-state index >= 15 is 0 Å². The van der Waals surface area contributed by atoms with Crippen LogP contribution in [0.1, 0.15) is 30.6 Å². The lowest BCUT2D eigenvalue weighted by atomic mass is 9.67. The third-order valence-corrected chi connectivity index (χ3v) is 6.08. The smallest absolute Gasteiger partial charge is 0.191 e. The summed E-state index contributed by atoms with van der Waals surface area (Å²) in [4.78, 5) is 5.70. The van der Waals surface area contributed by atoms with Crippen LogP contribution in [-0.2, 0) is 11.2 Å². The van der Waals surface area contributed by atoms with Gasteiger partial charge in [0.2, 0.25) is 0 Å². The van der Waals surface area contributed by atoms with Crippen molar-refractivity contribution in [3.8, 4) is 0 Å². The van der Waals surface area contributed by atoms with E-state index in [2.05, 4.69) is 43.7 Å². The highest BCUT2D eigenvalue weighted by Crippen LogP contribution is 2.43. The molecule has 0 aromatic carbocycles. The molecule has 1 aliphatic carbocycles. The van der Waals surface area contributed by atoms with Gasteiger partial charge >= 0.3 is 0 Å². The third-order valence-electron chi connectivity index (χ3n) is 4.40. The lowest BCUT2D eigenvalue weighted by molar-refractivity contribution is 0.0732. The molecule has 124 valence electrons. The second kappa shape index (κ2) is 8.89. The summed E-state index contributed by atoms with van der Waals surface area (Å²) in [7, 11) is 3.61. The zero-order valence-electron chi connectivity index (χ0n) is 13.5. The molecule has 0 unspecified atom stereocenters. The van der Waals surface area contributed by atoms with Gasteiger partial charge in [0.05, 0.1) is 3.79 Å². The molecule has 1 heterocycles. The van der Waals surface area contributed by atoms with Crippen molar-refractivity contribution in [3.05, 3.63) is 20.8 Å². The van der Waals surface area contributed by atoms with Gasteiger partial charge in [-0.05, 0) is 59.2 Å². The highest BCUT2D eigenvalue weighted by molar-refractivity contribution is 9.11. The van der Waals surface area contributed by atoms with Crippen molar-refractivity contribution in [3.63, 3.8) is 0 Å². The molecular formula is C16H26BrN3OS. The van der Waals surface area contributed by atoms with Crippen molar-refractivity contribution in [1.82, 2.24) is 10.6 Å². The lowest BCUT2D eigenvalue weighted by Gasteiger charge is -2.42. The van der Waals surface area contributed by atoms with Crippen molar-refractivity contribution in [1.29, 1.82) is 0 Å². The normalized spacial score (nSPS) is 17.1. The maximum absolute atomic E-state index is 5.25. The van der Waals surface area contributed by atoms with Crippen molar-refractivity contribution in [2.45, 2.75) is 32.1 Å². The molecule has 0 aliphatic heterocycles. The molecule has 0 atom stereocenters. The number of rotatable bonds is 8. The summed E-state index contributed by atoms with van der Waals surface area (Å²) >= 11 is 5.29. The first-order chi connectivity index (χ1) is 10.7. The van der Waals surface area contributed by atoms with Gasteiger partial charge in [0.25, 0.3) is 0 Å². The van der Waals surface area contributed by atoms with Gasteiger partial charge in [-0.25, -0.2) is 0 Å². The van der Waals surface area contributed by atoms with Crippen molar-refractivity contribution in [2.75, 3.05) is 33.9 Å². The average Bonchev–Trinajstić information content (AvgIpc) is 2.89. The SMILES string of the molecule is CN=C(NCCc1ccc(Br)s1)NCC1(CCOC)CCC1. The van der Waals surface area contributed by atoms with Crippen LogP contribution in [0, 0.1) is 5.41 Å². The number of thiophene rings is 1. The van der Waals surface area contributed by atoms with Gasteiger partial charge in [-0.2, -0.15) is 0 Å². The molecular weight excluding hydrogens is 362 g/mol. The maximum atomic E-state index is 5.25. The number of methoxy groups -OCH3 is 1. The number of aliphatic imine (C=N–C) groups is 1. The van der Waals surface area contributed by atoms with E-state index in [0.29, 0.717) is 5.41 Å². The topological polar surface area (TPSA) is 45.7 Å². The van der Waals surface area contributed by atoms with Gasteiger partial charge in [0.15, 0.2) is 5.96 Å². The first-order valence-corrected chi connectivity index (χ1v) is 9.46. The van der Waals surface area contributed by atoms with Gasteiger partial charge in [0, 0.05) is 38.7 Å². The monoisotopic (exact) mass is 387 g/mol. The van der Waals surface area contributed by atoms with Crippen LogP contribution in [0.25, 0.3) is 0 Å². The Kier molecular flexibility index (Phi) is 7.18. The molecule has 1 fully saturated rings. The van der Waals surface area contributed by atoms with E-state index in [4.69, 9.17) is 4.74 Å². The summed E-state index contributed by atoms with van der Waals surface area (Å²) in [6.45, 7) is 2.74. The molecule has 22 heavy (non-hydrogen) atoms. The quantitative estimate of drug-likeness (QED) is 0.530. The molecule has 1 aromatic rings. The van der Waals surface area contributed by atoms with E-state index in [1.165, 1.54) is 27.9 Å². The van der Waals surface area contributed by atoms with Crippen molar-refractivity contribution < 1.29 is 4.74 Å². The summed E-state index contributed by atoms with van der Waals surface area (Å²) in [5.41, 5.74) is 0.409. The highest BCUT2D eigenvalue weighted by atomic mass is 79.9. The molecule has 0 saturated heterocycles. The van der Waals surface area contributed by atoms with Crippen molar-refractivity contribution in [2.24, 2.45) is 10.4 Å². The molecule has 1 aromatic heterocycles. The minimum atomic E-state index is 0.409. The highest BCUT2D eigenvalue weighted by Gasteiger charge is 2.36. The van der Waals surface area contributed by atoms with Crippen LogP contribution < -0.4 is 10.6 Å². The van der Waals surface area contributed by atoms with Crippen LogP contribution in [0.5, 0.6) is 0 Å². The summed E-state index contributed by atoms with van der Waals surface area (Å²) in [5.74, 6) is 0.902. The Bertz CT molecular complexity index is 485. The Morgan fingerprint density at radius 3 is 2.77 bits per heavy atom. The van der Waals surface area contributed by atoms with Gasteiger partial charge < -0.3 is 15.4 Å². The fourth-order valence-corrected chi connectivity index (χ4v) is 4.28. The minimum absolute atomic E-state index is 0.409. The van der Waals surface area contributed by atoms with E-state index in [-0.39, 0.29) is 0 Å². The van der Waals surface area contributed by atoms with E-state index in [9.17, 15) is 0 Å². The summed E-state index contributed by atoms with van der Waals surface area (Å²) in [6, 6.07) is 4.27. The van der Waals surface area contributed by atoms with Gasteiger partial charge in [-0.3, -0.25) is 4.99 Å².